The first-order valence-corrected chi connectivity index (χ1v) is 10.4. The van der Waals surface area contributed by atoms with Crippen LogP contribution < -0.4 is 15.0 Å². The zero-order chi connectivity index (χ0) is 22.5. The van der Waals surface area contributed by atoms with Crippen molar-refractivity contribution >= 4 is 40.6 Å². The molecule has 0 saturated carbocycles. The van der Waals surface area contributed by atoms with Crippen LogP contribution in [0.1, 0.15) is 17.5 Å². The van der Waals surface area contributed by atoms with Gasteiger partial charge in [-0.1, -0.05) is 29.8 Å². The van der Waals surface area contributed by atoms with E-state index in [2.05, 4.69) is 15.3 Å². The van der Waals surface area contributed by atoms with Gasteiger partial charge in [0.2, 0.25) is 11.8 Å². The number of nitrogens with zero attached hydrogens (tertiary/aromatic N) is 3. The highest BCUT2D eigenvalue weighted by Crippen LogP contribution is 2.31. The van der Waals surface area contributed by atoms with Crippen LogP contribution in [0.2, 0.25) is 5.02 Å². The van der Waals surface area contributed by atoms with Gasteiger partial charge >= 0.3 is 0 Å². The number of nitrogens with one attached hydrogen (secondary N) is 1. The summed E-state index contributed by atoms with van der Waals surface area (Å²) in [5.41, 5.74) is 2.74. The molecule has 1 aliphatic heterocycles. The van der Waals surface area contributed by atoms with Crippen molar-refractivity contribution in [1.82, 2.24) is 10.3 Å². The molecule has 32 heavy (non-hydrogen) atoms. The Bertz CT molecular complexity index is 1180. The highest BCUT2D eigenvalue weighted by molar-refractivity contribution is 6.31. The number of aliphatic imine (C=N–C) groups is 1. The van der Waals surface area contributed by atoms with Gasteiger partial charge in [-0.05, 0) is 53.6 Å². The number of benzene rings is 2. The van der Waals surface area contributed by atoms with E-state index in [-0.39, 0.29) is 31.3 Å². The smallest absolute Gasteiger partial charge is 0.240 e. The van der Waals surface area contributed by atoms with Crippen molar-refractivity contribution in [3.8, 4) is 5.75 Å². The van der Waals surface area contributed by atoms with Crippen LogP contribution in [-0.2, 0) is 16.1 Å². The van der Waals surface area contributed by atoms with E-state index in [0.717, 1.165) is 11.1 Å². The van der Waals surface area contributed by atoms with E-state index < -0.39 is 0 Å². The van der Waals surface area contributed by atoms with E-state index in [1.54, 1.807) is 31.5 Å². The first kappa shape index (κ1) is 21.5. The van der Waals surface area contributed by atoms with E-state index in [4.69, 9.17) is 16.3 Å². The molecule has 2 amide bonds. The Morgan fingerprint density at radius 3 is 2.66 bits per heavy atom. The van der Waals surface area contributed by atoms with Gasteiger partial charge in [0.05, 0.1) is 19.2 Å². The molecule has 0 bridgehead atoms. The van der Waals surface area contributed by atoms with Crippen LogP contribution in [0.15, 0.2) is 71.9 Å². The largest absolute Gasteiger partial charge is 0.497 e. The molecule has 3 aromatic rings. The first-order valence-electron chi connectivity index (χ1n) is 10.0. The maximum absolute atomic E-state index is 13.1. The molecular weight excluding hydrogens is 428 g/mol. The molecule has 1 aliphatic rings. The molecule has 0 atom stereocenters. The number of carbonyl (C=O) groups is 2. The molecule has 0 radical (unpaired) electrons. The number of hydrogen-bond acceptors (Lipinski definition) is 5. The molecule has 0 saturated heterocycles. The lowest BCUT2D eigenvalue weighted by Gasteiger charge is -2.20. The second-order valence-corrected chi connectivity index (χ2v) is 7.57. The van der Waals surface area contributed by atoms with Crippen molar-refractivity contribution in [3.63, 3.8) is 0 Å². The molecule has 1 aromatic heterocycles. The average molecular weight is 449 g/mol. The summed E-state index contributed by atoms with van der Waals surface area (Å²) in [4.78, 5) is 36.2. The van der Waals surface area contributed by atoms with E-state index in [0.29, 0.717) is 28.0 Å². The summed E-state index contributed by atoms with van der Waals surface area (Å²) < 4.78 is 5.20. The fourth-order valence-corrected chi connectivity index (χ4v) is 3.58. The fourth-order valence-electron chi connectivity index (χ4n) is 3.37. The van der Waals surface area contributed by atoms with Gasteiger partial charge in [-0.2, -0.15) is 0 Å². The van der Waals surface area contributed by atoms with Gasteiger partial charge in [0, 0.05) is 17.8 Å². The fraction of sp³-hybridized carbons (Fsp3) is 0.167. The summed E-state index contributed by atoms with van der Waals surface area (Å²) in [6.07, 6.45) is 1.62. The van der Waals surface area contributed by atoms with Gasteiger partial charge in [-0.25, -0.2) is 9.98 Å². The summed E-state index contributed by atoms with van der Waals surface area (Å²) in [6, 6.07) is 18.1. The predicted octanol–water partition coefficient (Wildman–Crippen LogP) is 3.92. The maximum Gasteiger partial charge on any atom is 0.240 e. The summed E-state index contributed by atoms with van der Waals surface area (Å²) in [7, 11) is 1.60. The number of anilines is 1. The van der Waals surface area contributed by atoms with Gasteiger partial charge in [0.15, 0.2) is 5.82 Å². The van der Waals surface area contributed by atoms with Crippen molar-refractivity contribution in [1.29, 1.82) is 0 Å². The Balaban J connectivity index is 1.54. The molecule has 1 N–H and O–H groups in total. The molecule has 0 unspecified atom stereocenters. The Morgan fingerprint density at radius 2 is 1.91 bits per heavy atom. The minimum atomic E-state index is -0.317. The third-order valence-corrected chi connectivity index (χ3v) is 5.42. The molecule has 0 fully saturated rings. The van der Waals surface area contributed by atoms with E-state index in [1.807, 2.05) is 42.5 Å². The zero-order valence-electron chi connectivity index (χ0n) is 17.4. The van der Waals surface area contributed by atoms with E-state index in [1.165, 1.54) is 4.90 Å². The third-order valence-electron chi connectivity index (χ3n) is 5.06. The molecule has 0 aliphatic carbocycles. The number of pyridine rings is 1. The molecule has 162 valence electrons. The highest BCUT2D eigenvalue weighted by atomic mass is 35.5. The SMILES string of the molecule is COc1ccc(C2=Nc3cccnc3N(CC(=O)NCc3ccccc3Cl)C(=O)C2)cc1. The first-order chi connectivity index (χ1) is 15.5. The Morgan fingerprint density at radius 1 is 1.12 bits per heavy atom. The van der Waals surface area contributed by atoms with Crippen LogP contribution in [0.25, 0.3) is 0 Å². The Labute approximate surface area is 190 Å². The van der Waals surface area contributed by atoms with Crippen LogP contribution in [0, 0.1) is 0 Å². The minimum absolute atomic E-state index is 0.0421. The lowest BCUT2D eigenvalue weighted by atomic mass is 10.1. The highest BCUT2D eigenvalue weighted by Gasteiger charge is 2.27. The van der Waals surface area contributed by atoms with Crippen molar-refractivity contribution in [3.05, 3.63) is 83.0 Å². The molecule has 4 rings (SSSR count). The molecule has 7 nitrogen and oxygen atoms in total. The van der Waals surface area contributed by atoms with Gasteiger partial charge in [-0.3, -0.25) is 14.5 Å². The summed E-state index contributed by atoms with van der Waals surface area (Å²) in [5.74, 6) is 0.495. The van der Waals surface area contributed by atoms with E-state index >= 15 is 0 Å². The molecule has 8 heteroatoms. The van der Waals surface area contributed by atoms with E-state index in [9.17, 15) is 9.59 Å². The number of fused-ring (bicyclic) bond motifs is 1. The van der Waals surface area contributed by atoms with Crippen LogP contribution in [0.5, 0.6) is 5.75 Å². The number of amides is 2. The van der Waals surface area contributed by atoms with Crippen LogP contribution >= 0.6 is 11.6 Å². The number of hydrogen-bond donors (Lipinski definition) is 1. The number of ether oxygens (including phenoxy) is 1. The summed E-state index contributed by atoms with van der Waals surface area (Å²) in [5, 5.41) is 3.39. The van der Waals surface area contributed by atoms with Gasteiger partial charge < -0.3 is 10.1 Å². The lowest BCUT2D eigenvalue weighted by molar-refractivity contribution is -0.123. The lowest BCUT2D eigenvalue weighted by Crippen LogP contribution is -2.41. The number of halogens is 1. The normalized spacial score (nSPS) is 13.1. The van der Waals surface area contributed by atoms with Gasteiger partial charge in [0.1, 0.15) is 18.0 Å². The Kier molecular flexibility index (Phi) is 6.47. The molecule has 2 heterocycles. The average Bonchev–Trinajstić information content (AvgIpc) is 2.95. The van der Waals surface area contributed by atoms with Gasteiger partial charge in [-0.15, -0.1) is 0 Å². The van der Waals surface area contributed by atoms with Crippen LogP contribution in [0.3, 0.4) is 0 Å². The summed E-state index contributed by atoms with van der Waals surface area (Å²) in [6.45, 7) is 0.0991. The van der Waals surface area contributed by atoms with Crippen molar-refractivity contribution in [2.45, 2.75) is 13.0 Å². The monoisotopic (exact) mass is 448 g/mol. The number of aromatic nitrogens is 1. The quantitative estimate of drug-likeness (QED) is 0.619. The molecular formula is C24H21ClN4O3. The molecule has 0 spiro atoms. The molecule has 2 aromatic carbocycles. The third kappa shape index (κ3) is 4.78. The van der Waals surface area contributed by atoms with Crippen molar-refractivity contribution < 1.29 is 14.3 Å². The topological polar surface area (TPSA) is 83.9 Å². The Hall–Kier alpha value is -3.71. The standard InChI is InChI=1S/C24H21ClN4O3/c1-32-18-10-8-16(9-11-18)21-13-23(31)29(24-20(28-21)7-4-12-26-24)15-22(30)27-14-17-5-2-3-6-19(17)25/h2-12H,13-15H2,1H3,(H,27,30). The number of carbonyl (C=O) groups excluding carboxylic acids is 2. The van der Waals surface area contributed by atoms with Gasteiger partial charge in [0.25, 0.3) is 0 Å². The van der Waals surface area contributed by atoms with Crippen LogP contribution in [-0.4, -0.2) is 36.2 Å². The van der Waals surface area contributed by atoms with Crippen molar-refractivity contribution in [2.24, 2.45) is 4.99 Å². The van der Waals surface area contributed by atoms with Crippen LogP contribution in [0.4, 0.5) is 11.5 Å². The van der Waals surface area contributed by atoms with Crippen molar-refractivity contribution in [2.75, 3.05) is 18.6 Å². The summed E-state index contributed by atoms with van der Waals surface area (Å²) >= 11 is 6.16. The minimum Gasteiger partial charge on any atom is -0.497 e. The second kappa shape index (κ2) is 9.62. The number of rotatable bonds is 6. The zero-order valence-corrected chi connectivity index (χ0v) is 18.2. The maximum atomic E-state index is 13.1. The number of methoxy groups -OCH3 is 1. The second-order valence-electron chi connectivity index (χ2n) is 7.16. The predicted molar refractivity (Wildman–Crippen MR) is 124 cm³/mol.